The standard InChI is InChI=1S/C18H17ClF3N3O2/c1-10(23-14-7-8-16(15(19)9-14)24-11(2)26)17(27)25-13-5-3-12(4-6-13)18(20,21)22/h3-10,23H,1-2H3,(H,24,26)(H,25,27). The molecule has 0 bridgehead atoms. The molecular formula is C18H17ClF3N3O2. The van der Waals surface area contributed by atoms with Gasteiger partial charge in [-0.05, 0) is 49.4 Å². The maximum absolute atomic E-state index is 12.6. The van der Waals surface area contributed by atoms with Gasteiger partial charge in [0.15, 0.2) is 0 Å². The molecule has 3 N–H and O–H groups in total. The van der Waals surface area contributed by atoms with Crippen LogP contribution < -0.4 is 16.0 Å². The van der Waals surface area contributed by atoms with Gasteiger partial charge in [-0.1, -0.05) is 11.6 Å². The summed E-state index contributed by atoms with van der Waals surface area (Å²) in [5.74, 6) is -0.696. The minimum absolute atomic E-state index is 0.251. The van der Waals surface area contributed by atoms with E-state index in [2.05, 4.69) is 16.0 Å². The summed E-state index contributed by atoms with van der Waals surface area (Å²) in [6.07, 6.45) is -4.43. The molecule has 5 nitrogen and oxygen atoms in total. The zero-order chi connectivity index (χ0) is 20.2. The summed E-state index contributed by atoms with van der Waals surface area (Å²) in [6.45, 7) is 2.95. The van der Waals surface area contributed by atoms with E-state index < -0.39 is 23.7 Å². The van der Waals surface area contributed by atoms with Crippen LogP contribution in [0.1, 0.15) is 19.4 Å². The van der Waals surface area contributed by atoms with Crippen molar-refractivity contribution in [3.05, 3.63) is 53.1 Å². The van der Waals surface area contributed by atoms with Crippen LogP contribution in [0, 0.1) is 0 Å². The van der Waals surface area contributed by atoms with Gasteiger partial charge in [0.25, 0.3) is 0 Å². The third-order valence-corrected chi connectivity index (χ3v) is 3.85. The third-order valence-electron chi connectivity index (χ3n) is 3.54. The first-order valence-electron chi connectivity index (χ1n) is 7.88. The largest absolute Gasteiger partial charge is 0.416 e. The second-order valence-electron chi connectivity index (χ2n) is 5.81. The lowest BCUT2D eigenvalue weighted by Gasteiger charge is -2.16. The van der Waals surface area contributed by atoms with Crippen LogP contribution in [-0.2, 0) is 15.8 Å². The highest BCUT2D eigenvalue weighted by Crippen LogP contribution is 2.30. The molecule has 0 fully saturated rings. The van der Waals surface area contributed by atoms with Crippen LogP contribution in [0.5, 0.6) is 0 Å². The topological polar surface area (TPSA) is 70.2 Å². The second-order valence-corrected chi connectivity index (χ2v) is 6.21. The maximum atomic E-state index is 12.6. The first kappa shape index (κ1) is 20.6. The fourth-order valence-electron chi connectivity index (χ4n) is 2.20. The van der Waals surface area contributed by atoms with E-state index in [9.17, 15) is 22.8 Å². The molecule has 0 radical (unpaired) electrons. The highest BCUT2D eigenvalue weighted by Gasteiger charge is 2.30. The van der Waals surface area contributed by atoms with Crippen molar-refractivity contribution in [2.45, 2.75) is 26.1 Å². The molecule has 0 aromatic heterocycles. The second kappa shape index (κ2) is 8.30. The van der Waals surface area contributed by atoms with Crippen LogP contribution in [0.2, 0.25) is 5.02 Å². The third kappa shape index (κ3) is 5.89. The molecule has 1 atom stereocenters. The van der Waals surface area contributed by atoms with E-state index >= 15 is 0 Å². The Morgan fingerprint density at radius 3 is 2.11 bits per heavy atom. The zero-order valence-electron chi connectivity index (χ0n) is 14.4. The van der Waals surface area contributed by atoms with E-state index in [1.165, 1.54) is 19.1 Å². The number of carbonyl (C=O) groups excluding carboxylic acids is 2. The molecule has 0 heterocycles. The molecule has 2 aromatic carbocycles. The summed E-state index contributed by atoms with van der Waals surface area (Å²) in [7, 11) is 0. The fraction of sp³-hybridized carbons (Fsp3) is 0.222. The Morgan fingerprint density at radius 1 is 1.00 bits per heavy atom. The Labute approximate surface area is 158 Å². The minimum Gasteiger partial charge on any atom is -0.374 e. The number of anilines is 3. The highest BCUT2D eigenvalue weighted by molar-refractivity contribution is 6.34. The summed E-state index contributed by atoms with van der Waals surface area (Å²) in [5, 5.41) is 8.33. The first-order chi connectivity index (χ1) is 12.6. The monoisotopic (exact) mass is 399 g/mol. The van der Waals surface area contributed by atoms with Crippen LogP contribution in [0.3, 0.4) is 0 Å². The normalized spacial score (nSPS) is 12.2. The molecule has 144 valence electrons. The lowest BCUT2D eigenvalue weighted by molar-refractivity contribution is -0.137. The summed E-state index contributed by atoms with van der Waals surface area (Å²) in [5.41, 5.74) is 0.446. The molecule has 0 aliphatic rings. The number of amides is 2. The van der Waals surface area contributed by atoms with Crippen molar-refractivity contribution in [1.29, 1.82) is 0 Å². The van der Waals surface area contributed by atoms with Crippen molar-refractivity contribution in [2.75, 3.05) is 16.0 Å². The van der Waals surface area contributed by atoms with Gasteiger partial charge >= 0.3 is 6.18 Å². The minimum atomic E-state index is -4.43. The summed E-state index contributed by atoms with van der Waals surface area (Å²) < 4.78 is 37.7. The van der Waals surface area contributed by atoms with Gasteiger partial charge in [-0.15, -0.1) is 0 Å². The van der Waals surface area contributed by atoms with Crippen LogP contribution in [0.25, 0.3) is 0 Å². The van der Waals surface area contributed by atoms with E-state index in [0.717, 1.165) is 12.1 Å². The van der Waals surface area contributed by atoms with E-state index in [-0.39, 0.29) is 11.6 Å². The van der Waals surface area contributed by atoms with Gasteiger partial charge in [0.1, 0.15) is 6.04 Å². The van der Waals surface area contributed by atoms with Gasteiger partial charge in [-0.3, -0.25) is 9.59 Å². The van der Waals surface area contributed by atoms with Crippen molar-refractivity contribution in [3.63, 3.8) is 0 Å². The summed E-state index contributed by atoms with van der Waals surface area (Å²) >= 11 is 6.07. The Bertz CT molecular complexity index is 839. The van der Waals surface area contributed by atoms with E-state index in [1.54, 1.807) is 25.1 Å². The van der Waals surface area contributed by atoms with Gasteiger partial charge in [0.05, 0.1) is 16.3 Å². The lowest BCUT2D eigenvalue weighted by atomic mass is 10.2. The molecule has 2 aromatic rings. The van der Waals surface area contributed by atoms with Crippen LogP contribution in [-0.4, -0.2) is 17.9 Å². The molecule has 0 aliphatic carbocycles. The number of benzene rings is 2. The predicted molar refractivity (Wildman–Crippen MR) is 98.9 cm³/mol. The van der Waals surface area contributed by atoms with Gasteiger partial charge in [0, 0.05) is 18.3 Å². The van der Waals surface area contributed by atoms with Crippen LogP contribution in [0.15, 0.2) is 42.5 Å². The molecular weight excluding hydrogens is 383 g/mol. The molecule has 9 heteroatoms. The number of halogens is 4. The van der Waals surface area contributed by atoms with Gasteiger partial charge in [-0.25, -0.2) is 0 Å². The Hall–Kier alpha value is -2.74. The number of hydrogen-bond donors (Lipinski definition) is 3. The quantitative estimate of drug-likeness (QED) is 0.679. The van der Waals surface area contributed by atoms with Crippen molar-refractivity contribution in [2.24, 2.45) is 0 Å². The predicted octanol–water partition coefficient (Wildman–Crippen LogP) is 4.76. The van der Waals surface area contributed by atoms with Crippen molar-refractivity contribution in [3.8, 4) is 0 Å². The molecule has 0 saturated carbocycles. The first-order valence-corrected chi connectivity index (χ1v) is 8.26. The van der Waals surface area contributed by atoms with Crippen molar-refractivity contribution >= 4 is 40.5 Å². The fourth-order valence-corrected chi connectivity index (χ4v) is 2.43. The van der Waals surface area contributed by atoms with E-state index in [4.69, 9.17) is 11.6 Å². The Balaban J connectivity index is 1.99. The number of hydrogen-bond acceptors (Lipinski definition) is 3. The molecule has 1 unspecified atom stereocenters. The number of nitrogens with one attached hydrogen (secondary N) is 3. The average molecular weight is 400 g/mol. The summed E-state index contributed by atoms with van der Waals surface area (Å²) in [6, 6.07) is 8.26. The lowest BCUT2D eigenvalue weighted by Crippen LogP contribution is -2.31. The Morgan fingerprint density at radius 2 is 1.59 bits per heavy atom. The van der Waals surface area contributed by atoms with E-state index in [1.807, 2.05) is 0 Å². The van der Waals surface area contributed by atoms with Gasteiger partial charge in [-0.2, -0.15) is 13.2 Å². The molecule has 0 saturated heterocycles. The van der Waals surface area contributed by atoms with Crippen molar-refractivity contribution < 1.29 is 22.8 Å². The SMILES string of the molecule is CC(=O)Nc1ccc(NC(C)C(=O)Nc2ccc(C(F)(F)F)cc2)cc1Cl. The molecule has 27 heavy (non-hydrogen) atoms. The molecule has 0 aliphatic heterocycles. The average Bonchev–Trinajstić information content (AvgIpc) is 2.56. The molecule has 0 spiro atoms. The van der Waals surface area contributed by atoms with Crippen molar-refractivity contribution in [1.82, 2.24) is 0 Å². The number of carbonyl (C=O) groups is 2. The van der Waals surface area contributed by atoms with E-state index in [0.29, 0.717) is 16.4 Å². The smallest absolute Gasteiger partial charge is 0.374 e. The molecule has 2 rings (SSSR count). The molecule has 2 amide bonds. The van der Waals surface area contributed by atoms with Crippen LogP contribution in [0.4, 0.5) is 30.2 Å². The summed E-state index contributed by atoms with van der Waals surface area (Å²) in [4.78, 5) is 23.3. The number of rotatable bonds is 5. The maximum Gasteiger partial charge on any atom is 0.416 e. The zero-order valence-corrected chi connectivity index (χ0v) is 15.2. The van der Waals surface area contributed by atoms with Crippen LogP contribution >= 0.6 is 11.6 Å². The van der Waals surface area contributed by atoms with Gasteiger partial charge < -0.3 is 16.0 Å². The van der Waals surface area contributed by atoms with Gasteiger partial charge in [0.2, 0.25) is 11.8 Å². The number of alkyl halides is 3. The Kier molecular flexibility index (Phi) is 6.32. The highest BCUT2D eigenvalue weighted by atomic mass is 35.5.